The van der Waals surface area contributed by atoms with Crippen molar-refractivity contribution in [1.29, 1.82) is 0 Å². The third-order valence-electron chi connectivity index (χ3n) is 2.14. The molecule has 0 unspecified atom stereocenters. The second-order valence-electron chi connectivity index (χ2n) is 3.42. The van der Waals surface area contributed by atoms with Crippen molar-refractivity contribution < 1.29 is 13.9 Å². The number of hydrogen-bond acceptors (Lipinski definition) is 5. The molecule has 2 rings (SSSR count). The van der Waals surface area contributed by atoms with Crippen LogP contribution in [0.5, 0.6) is 0 Å². The van der Waals surface area contributed by atoms with E-state index in [0.29, 0.717) is 18.1 Å². The minimum atomic E-state index is -0.442. The number of carbonyl (C=O) groups excluding carboxylic acids is 1. The second kappa shape index (κ2) is 4.78. The van der Waals surface area contributed by atoms with Crippen LogP contribution in [-0.4, -0.2) is 22.5 Å². The van der Waals surface area contributed by atoms with Crippen molar-refractivity contribution in [2.24, 2.45) is 0 Å². The predicted molar refractivity (Wildman–Crippen MR) is 60.4 cm³/mol. The summed E-state index contributed by atoms with van der Waals surface area (Å²) in [4.78, 5) is 19.9. The zero-order valence-corrected chi connectivity index (χ0v) is 9.64. The van der Waals surface area contributed by atoms with Crippen LogP contribution in [0.4, 0.5) is 0 Å². The number of hydrogen-bond donors (Lipinski definition) is 0. The van der Waals surface area contributed by atoms with Gasteiger partial charge in [0, 0.05) is 5.56 Å². The maximum atomic E-state index is 11.6. The quantitative estimate of drug-likeness (QED) is 0.759. The summed E-state index contributed by atoms with van der Waals surface area (Å²) in [5.41, 5.74) is 1.71. The fourth-order valence-corrected chi connectivity index (χ4v) is 1.44. The maximum absolute atomic E-state index is 11.6. The molecule has 0 saturated carbocycles. The van der Waals surface area contributed by atoms with Crippen LogP contribution >= 0.6 is 0 Å². The number of aromatic nitrogens is 2. The Balaban J connectivity index is 2.39. The zero-order valence-electron chi connectivity index (χ0n) is 9.64. The molecule has 0 radical (unpaired) electrons. The van der Waals surface area contributed by atoms with Crippen LogP contribution in [0.2, 0.25) is 0 Å². The molecule has 0 amide bonds. The molecule has 0 saturated heterocycles. The lowest BCUT2D eigenvalue weighted by Crippen LogP contribution is -2.09. The van der Waals surface area contributed by atoms with E-state index in [4.69, 9.17) is 9.15 Å². The van der Waals surface area contributed by atoms with E-state index < -0.39 is 5.97 Å². The molecular formula is C12H12N2O3. The van der Waals surface area contributed by atoms with Crippen molar-refractivity contribution in [2.45, 2.75) is 13.8 Å². The molecule has 0 aliphatic heterocycles. The molecule has 5 nitrogen and oxygen atoms in total. The second-order valence-corrected chi connectivity index (χ2v) is 3.42. The van der Waals surface area contributed by atoms with Crippen molar-refractivity contribution in [2.75, 3.05) is 6.61 Å². The highest BCUT2D eigenvalue weighted by Gasteiger charge is 2.12. The summed E-state index contributed by atoms with van der Waals surface area (Å²) in [5, 5.41) is 0. The van der Waals surface area contributed by atoms with Gasteiger partial charge in [0.25, 0.3) is 0 Å². The van der Waals surface area contributed by atoms with E-state index >= 15 is 0 Å². The summed E-state index contributed by atoms with van der Waals surface area (Å²) < 4.78 is 9.88. The largest absolute Gasteiger partial charge is 0.472 e. The van der Waals surface area contributed by atoms with Crippen molar-refractivity contribution in [3.05, 3.63) is 36.2 Å². The molecule has 0 aromatic carbocycles. The lowest BCUT2D eigenvalue weighted by Gasteiger charge is -2.04. The molecule has 2 aromatic heterocycles. The van der Waals surface area contributed by atoms with Crippen LogP contribution < -0.4 is 0 Å². The average molecular weight is 232 g/mol. The van der Waals surface area contributed by atoms with Gasteiger partial charge in [-0.3, -0.25) is 0 Å². The first kappa shape index (κ1) is 11.3. The highest BCUT2D eigenvalue weighted by molar-refractivity contribution is 5.88. The summed E-state index contributed by atoms with van der Waals surface area (Å²) in [6, 6.07) is 3.37. The summed E-state index contributed by atoms with van der Waals surface area (Å²) in [6.45, 7) is 3.80. The van der Waals surface area contributed by atoms with E-state index in [-0.39, 0.29) is 5.69 Å². The number of aryl methyl sites for hydroxylation is 1. The highest BCUT2D eigenvalue weighted by atomic mass is 16.5. The van der Waals surface area contributed by atoms with Gasteiger partial charge in [0.05, 0.1) is 24.8 Å². The van der Waals surface area contributed by atoms with Gasteiger partial charge < -0.3 is 9.15 Å². The third kappa shape index (κ3) is 2.50. The SMILES string of the molecule is CCOC(=O)c1cc(-c2ccoc2)nc(C)n1. The van der Waals surface area contributed by atoms with Crippen LogP contribution in [0.15, 0.2) is 29.1 Å². The zero-order chi connectivity index (χ0) is 12.3. The Morgan fingerprint density at radius 3 is 2.94 bits per heavy atom. The molecule has 2 heterocycles. The first-order valence-corrected chi connectivity index (χ1v) is 5.26. The maximum Gasteiger partial charge on any atom is 0.357 e. The molecule has 0 bridgehead atoms. The van der Waals surface area contributed by atoms with Crippen LogP contribution in [0.3, 0.4) is 0 Å². The fraction of sp³-hybridized carbons (Fsp3) is 0.250. The minimum Gasteiger partial charge on any atom is -0.472 e. The van der Waals surface area contributed by atoms with Gasteiger partial charge in [0.15, 0.2) is 5.69 Å². The molecule has 2 aromatic rings. The fourth-order valence-electron chi connectivity index (χ4n) is 1.44. The number of nitrogens with zero attached hydrogens (tertiary/aromatic N) is 2. The number of rotatable bonds is 3. The van der Waals surface area contributed by atoms with Gasteiger partial charge in [0.1, 0.15) is 5.82 Å². The van der Waals surface area contributed by atoms with E-state index in [1.807, 2.05) is 0 Å². The van der Waals surface area contributed by atoms with Crippen LogP contribution in [-0.2, 0) is 4.74 Å². The van der Waals surface area contributed by atoms with Crippen LogP contribution in [0.1, 0.15) is 23.2 Å². The first-order chi connectivity index (χ1) is 8.20. The van der Waals surface area contributed by atoms with E-state index in [9.17, 15) is 4.79 Å². The smallest absolute Gasteiger partial charge is 0.357 e. The molecule has 17 heavy (non-hydrogen) atoms. The number of ether oxygens (including phenoxy) is 1. The van der Waals surface area contributed by atoms with E-state index in [0.717, 1.165) is 5.56 Å². The number of esters is 1. The summed E-state index contributed by atoms with van der Waals surface area (Å²) in [5.74, 6) is 0.0782. The Hall–Kier alpha value is -2.17. The molecule has 0 N–H and O–H groups in total. The first-order valence-electron chi connectivity index (χ1n) is 5.26. The monoisotopic (exact) mass is 232 g/mol. The molecule has 5 heteroatoms. The van der Waals surface area contributed by atoms with Crippen molar-refractivity contribution in [3.8, 4) is 11.3 Å². The van der Waals surface area contributed by atoms with Crippen LogP contribution in [0, 0.1) is 6.92 Å². The Labute approximate surface area is 98.5 Å². The van der Waals surface area contributed by atoms with Gasteiger partial charge in [-0.15, -0.1) is 0 Å². The van der Waals surface area contributed by atoms with Crippen molar-refractivity contribution in [3.63, 3.8) is 0 Å². The Morgan fingerprint density at radius 2 is 2.29 bits per heavy atom. The standard InChI is InChI=1S/C12H12N2O3/c1-3-17-12(15)11-6-10(13-8(2)14-11)9-4-5-16-7-9/h4-7H,3H2,1-2H3. The molecular weight excluding hydrogens is 220 g/mol. The molecule has 0 aliphatic carbocycles. The van der Waals surface area contributed by atoms with Crippen molar-refractivity contribution >= 4 is 5.97 Å². The lowest BCUT2D eigenvalue weighted by atomic mass is 10.2. The summed E-state index contributed by atoms with van der Waals surface area (Å²) >= 11 is 0. The molecule has 0 aliphatic rings. The van der Waals surface area contributed by atoms with Gasteiger partial charge in [-0.05, 0) is 26.0 Å². The Bertz CT molecular complexity index is 521. The topological polar surface area (TPSA) is 65.2 Å². The minimum absolute atomic E-state index is 0.260. The normalized spacial score (nSPS) is 10.2. The van der Waals surface area contributed by atoms with Gasteiger partial charge in [-0.1, -0.05) is 0 Å². The van der Waals surface area contributed by atoms with Gasteiger partial charge in [0.2, 0.25) is 0 Å². The number of furan rings is 1. The summed E-state index contributed by atoms with van der Waals surface area (Å²) in [6.07, 6.45) is 3.12. The Morgan fingerprint density at radius 1 is 1.47 bits per heavy atom. The lowest BCUT2D eigenvalue weighted by molar-refractivity contribution is 0.0519. The van der Waals surface area contributed by atoms with Gasteiger partial charge in [-0.2, -0.15) is 0 Å². The number of carbonyl (C=O) groups is 1. The van der Waals surface area contributed by atoms with Crippen LogP contribution in [0.25, 0.3) is 11.3 Å². The van der Waals surface area contributed by atoms with Gasteiger partial charge >= 0.3 is 5.97 Å². The predicted octanol–water partition coefficient (Wildman–Crippen LogP) is 2.22. The average Bonchev–Trinajstić information content (AvgIpc) is 2.82. The molecule has 0 fully saturated rings. The molecule has 0 atom stereocenters. The van der Waals surface area contributed by atoms with Gasteiger partial charge in [-0.25, -0.2) is 14.8 Å². The van der Waals surface area contributed by atoms with E-state index in [2.05, 4.69) is 9.97 Å². The third-order valence-corrected chi connectivity index (χ3v) is 2.14. The highest BCUT2D eigenvalue weighted by Crippen LogP contribution is 2.18. The Kier molecular flexibility index (Phi) is 3.18. The van der Waals surface area contributed by atoms with Crippen molar-refractivity contribution in [1.82, 2.24) is 9.97 Å². The van der Waals surface area contributed by atoms with E-state index in [1.165, 1.54) is 0 Å². The summed E-state index contributed by atoms with van der Waals surface area (Å²) in [7, 11) is 0. The van der Waals surface area contributed by atoms with E-state index in [1.54, 1.807) is 38.5 Å². The molecule has 88 valence electrons. The molecule has 0 spiro atoms.